The van der Waals surface area contributed by atoms with Gasteiger partial charge in [0, 0.05) is 23.7 Å². The molecule has 0 bridgehead atoms. The second-order valence-electron chi connectivity index (χ2n) is 4.06. The zero-order chi connectivity index (χ0) is 13.1. The number of alkyl halides is 1. The van der Waals surface area contributed by atoms with Gasteiger partial charge in [-0.25, -0.2) is 4.98 Å². The predicted octanol–water partition coefficient (Wildman–Crippen LogP) is 4.16. The summed E-state index contributed by atoms with van der Waals surface area (Å²) in [6.45, 7) is 0. The Bertz CT molecular complexity index is 715. The van der Waals surface area contributed by atoms with Crippen LogP contribution in [0, 0.1) is 0 Å². The van der Waals surface area contributed by atoms with Crippen molar-refractivity contribution < 1.29 is 4.74 Å². The molecule has 19 heavy (non-hydrogen) atoms. The van der Waals surface area contributed by atoms with Crippen molar-refractivity contribution in [1.29, 1.82) is 0 Å². The molecule has 0 saturated carbocycles. The Morgan fingerprint density at radius 1 is 1.05 bits per heavy atom. The van der Waals surface area contributed by atoms with Crippen molar-refractivity contribution in [3.05, 3.63) is 60.4 Å². The number of hydrogen-bond acceptors (Lipinski definition) is 3. The minimum atomic E-state index is 0.372. The molecule has 0 spiro atoms. The molecule has 0 saturated heterocycles. The Morgan fingerprint density at radius 3 is 2.89 bits per heavy atom. The van der Waals surface area contributed by atoms with E-state index in [-0.39, 0.29) is 0 Å². The number of aromatic nitrogens is 2. The summed E-state index contributed by atoms with van der Waals surface area (Å²) < 4.78 is 5.72. The Kier molecular flexibility index (Phi) is 3.29. The Morgan fingerprint density at radius 2 is 2.00 bits per heavy atom. The monoisotopic (exact) mass is 270 g/mol. The summed E-state index contributed by atoms with van der Waals surface area (Å²) in [5, 5.41) is 1.08. The predicted molar refractivity (Wildman–Crippen MR) is 75.6 cm³/mol. The summed E-state index contributed by atoms with van der Waals surface area (Å²) in [4.78, 5) is 8.59. The minimum Gasteiger partial charge on any atom is -0.439 e. The van der Waals surface area contributed by atoms with Gasteiger partial charge in [0.15, 0.2) is 0 Å². The third-order valence-electron chi connectivity index (χ3n) is 2.72. The van der Waals surface area contributed by atoms with Crippen LogP contribution in [0.3, 0.4) is 0 Å². The van der Waals surface area contributed by atoms with Gasteiger partial charge in [0.05, 0.1) is 17.1 Å². The van der Waals surface area contributed by atoms with E-state index in [1.807, 2.05) is 42.5 Å². The van der Waals surface area contributed by atoms with Crippen molar-refractivity contribution in [1.82, 2.24) is 9.97 Å². The van der Waals surface area contributed by atoms with Crippen LogP contribution in [-0.4, -0.2) is 9.97 Å². The first kappa shape index (κ1) is 11.9. The van der Waals surface area contributed by atoms with E-state index in [1.54, 1.807) is 12.3 Å². The van der Waals surface area contributed by atoms with Crippen LogP contribution < -0.4 is 4.74 Å². The van der Waals surface area contributed by atoms with Crippen molar-refractivity contribution in [2.75, 3.05) is 0 Å². The molecule has 3 nitrogen and oxygen atoms in total. The summed E-state index contributed by atoms with van der Waals surface area (Å²) in [7, 11) is 0. The molecule has 2 heterocycles. The highest BCUT2D eigenvalue weighted by Crippen LogP contribution is 2.23. The molecule has 0 unspecified atom stereocenters. The van der Waals surface area contributed by atoms with Crippen LogP contribution in [0.2, 0.25) is 0 Å². The number of nitrogens with zero attached hydrogens (tertiary/aromatic N) is 2. The fourth-order valence-electron chi connectivity index (χ4n) is 1.82. The standard InChI is InChI=1S/C15H11ClN2O/c16-10-12-4-1-5-15(18-12)19-13-7-6-11-3-2-8-17-14(11)9-13/h1-9H,10H2. The van der Waals surface area contributed by atoms with Crippen molar-refractivity contribution in [3.63, 3.8) is 0 Å². The first-order chi connectivity index (χ1) is 9.35. The summed E-state index contributed by atoms with van der Waals surface area (Å²) in [5.41, 5.74) is 1.69. The first-order valence-electron chi connectivity index (χ1n) is 5.90. The van der Waals surface area contributed by atoms with E-state index in [9.17, 15) is 0 Å². The molecule has 0 N–H and O–H groups in total. The van der Waals surface area contributed by atoms with Crippen LogP contribution in [0.4, 0.5) is 0 Å². The molecular formula is C15H11ClN2O. The number of halogens is 1. The molecule has 0 aliphatic carbocycles. The van der Waals surface area contributed by atoms with Crippen molar-refractivity contribution >= 4 is 22.5 Å². The number of benzene rings is 1. The van der Waals surface area contributed by atoms with Gasteiger partial charge >= 0.3 is 0 Å². The smallest absolute Gasteiger partial charge is 0.219 e. The number of hydrogen-bond donors (Lipinski definition) is 0. The van der Waals surface area contributed by atoms with Gasteiger partial charge in [0.2, 0.25) is 5.88 Å². The highest BCUT2D eigenvalue weighted by Gasteiger charge is 2.02. The summed E-state index contributed by atoms with van der Waals surface area (Å²) in [6.07, 6.45) is 1.76. The fourth-order valence-corrected chi connectivity index (χ4v) is 1.97. The van der Waals surface area contributed by atoms with E-state index < -0.39 is 0 Å². The van der Waals surface area contributed by atoms with E-state index in [0.29, 0.717) is 17.5 Å². The largest absolute Gasteiger partial charge is 0.439 e. The van der Waals surface area contributed by atoms with Gasteiger partial charge in [0.25, 0.3) is 0 Å². The van der Waals surface area contributed by atoms with E-state index in [1.165, 1.54) is 0 Å². The van der Waals surface area contributed by atoms with Crippen LogP contribution in [0.25, 0.3) is 10.9 Å². The molecule has 4 heteroatoms. The minimum absolute atomic E-state index is 0.372. The van der Waals surface area contributed by atoms with Gasteiger partial charge < -0.3 is 4.74 Å². The average molecular weight is 271 g/mol. The second kappa shape index (κ2) is 5.24. The molecule has 0 radical (unpaired) electrons. The molecule has 2 aromatic heterocycles. The molecule has 0 amide bonds. The molecule has 0 atom stereocenters. The zero-order valence-corrected chi connectivity index (χ0v) is 10.8. The second-order valence-corrected chi connectivity index (χ2v) is 4.33. The number of ether oxygens (including phenoxy) is 1. The van der Waals surface area contributed by atoms with Crippen LogP contribution in [0.15, 0.2) is 54.7 Å². The zero-order valence-electron chi connectivity index (χ0n) is 10.1. The third kappa shape index (κ3) is 2.66. The maximum Gasteiger partial charge on any atom is 0.219 e. The van der Waals surface area contributed by atoms with Crippen LogP contribution in [0.1, 0.15) is 5.69 Å². The normalized spacial score (nSPS) is 10.6. The molecule has 3 rings (SSSR count). The molecule has 0 aliphatic rings. The molecule has 1 aromatic carbocycles. The van der Waals surface area contributed by atoms with E-state index in [2.05, 4.69) is 9.97 Å². The number of fused-ring (bicyclic) bond motifs is 1. The van der Waals surface area contributed by atoms with Gasteiger partial charge in [0.1, 0.15) is 5.75 Å². The highest BCUT2D eigenvalue weighted by atomic mass is 35.5. The van der Waals surface area contributed by atoms with Crippen LogP contribution in [-0.2, 0) is 5.88 Å². The lowest BCUT2D eigenvalue weighted by Gasteiger charge is -2.06. The lowest BCUT2D eigenvalue weighted by atomic mass is 10.2. The van der Waals surface area contributed by atoms with Crippen LogP contribution in [0.5, 0.6) is 11.6 Å². The highest BCUT2D eigenvalue weighted by molar-refractivity contribution is 6.16. The van der Waals surface area contributed by atoms with Crippen molar-refractivity contribution in [2.45, 2.75) is 5.88 Å². The maximum atomic E-state index is 5.75. The van der Waals surface area contributed by atoms with E-state index in [0.717, 1.165) is 16.6 Å². The van der Waals surface area contributed by atoms with Crippen LogP contribution >= 0.6 is 11.6 Å². The fraction of sp³-hybridized carbons (Fsp3) is 0.0667. The Hall–Kier alpha value is -2.13. The van der Waals surface area contributed by atoms with Gasteiger partial charge in [-0.15, -0.1) is 11.6 Å². The lowest BCUT2D eigenvalue weighted by molar-refractivity contribution is 0.462. The third-order valence-corrected chi connectivity index (χ3v) is 2.99. The molecule has 0 fully saturated rings. The lowest BCUT2D eigenvalue weighted by Crippen LogP contribution is -1.91. The van der Waals surface area contributed by atoms with Crippen molar-refractivity contribution in [3.8, 4) is 11.6 Å². The number of pyridine rings is 2. The maximum absolute atomic E-state index is 5.75. The van der Waals surface area contributed by atoms with E-state index >= 15 is 0 Å². The molecule has 3 aromatic rings. The quantitative estimate of drug-likeness (QED) is 0.670. The van der Waals surface area contributed by atoms with Crippen molar-refractivity contribution in [2.24, 2.45) is 0 Å². The van der Waals surface area contributed by atoms with Gasteiger partial charge in [-0.2, -0.15) is 0 Å². The van der Waals surface area contributed by atoms with E-state index in [4.69, 9.17) is 16.3 Å². The van der Waals surface area contributed by atoms with Gasteiger partial charge in [-0.3, -0.25) is 4.98 Å². The molecule has 0 aliphatic heterocycles. The number of rotatable bonds is 3. The summed E-state index contributed by atoms with van der Waals surface area (Å²) in [6, 6.07) is 15.2. The molecule has 94 valence electrons. The van der Waals surface area contributed by atoms with Gasteiger partial charge in [-0.05, 0) is 24.3 Å². The molecular weight excluding hydrogens is 260 g/mol. The SMILES string of the molecule is ClCc1cccc(Oc2ccc3cccnc3c2)n1. The summed E-state index contributed by atoms with van der Waals surface area (Å²) >= 11 is 5.75. The Balaban J connectivity index is 1.92. The van der Waals surface area contributed by atoms with Gasteiger partial charge in [-0.1, -0.05) is 12.1 Å². The topological polar surface area (TPSA) is 35.0 Å². The first-order valence-corrected chi connectivity index (χ1v) is 6.43. The summed E-state index contributed by atoms with van der Waals surface area (Å²) in [5.74, 6) is 1.62. The Labute approximate surface area is 115 Å². The average Bonchev–Trinajstić information content (AvgIpc) is 2.47.